The van der Waals surface area contributed by atoms with Gasteiger partial charge < -0.3 is 4.42 Å². The van der Waals surface area contributed by atoms with Crippen LogP contribution in [0.2, 0.25) is 0 Å². The number of amidine groups is 1. The normalized spacial score (nSPS) is 16.7. The molecule has 30 heavy (non-hydrogen) atoms. The Balaban J connectivity index is 1.82. The highest BCUT2D eigenvalue weighted by molar-refractivity contribution is 8.18. The Morgan fingerprint density at radius 3 is 2.73 bits per heavy atom. The van der Waals surface area contributed by atoms with Crippen molar-refractivity contribution in [1.82, 2.24) is 4.90 Å². The zero-order valence-corrected chi connectivity index (χ0v) is 18.0. The van der Waals surface area contributed by atoms with Crippen LogP contribution in [0.1, 0.15) is 45.3 Å². The first-order chi connectivity index (χ1) is 14.5. The quantitative estimate of drug-likeness (QED) is 0.221. The number of nitro groups is 1. The second-order valence-corrected chi connectivity index (χ2v) is 7.96. The van der Waals surface area contributed by atoms with Crippen molar-refractivity contribution >= 4 is 34.6 Å². The van der Waals surface area contributed by atoms with E-state index >= 15 is 0 Å². The van der Waals surface area contributed by atoms with Gasteiger partial charge in [-0.25, -0.2) is 0 Å². The molecule has 1 amide bonds. The molecule has 1 saturated heterocycles. The van der Waals surface area contributed by atoms with Crippen molar-refractivity contribution in [3.63, 3.8) is 0 Å². The van der Waals surface area contributed by atoms with Gasteiger partial charge in [0.1, 0.15) is 11.5 Å². The van der Waals surface area contributed by atoms with Crippen molar-refractivity contribution in [2.45, 2.75) is 39.5 Å². The molecular weight excluding hydrogens is 402 g/mol. The molecule has 0 atom stereocenters. The van der Waals surface area contributed by atoms with E-state index in [1.165, 1.54) is 23.9 Å². The van der Waals surface area contributed by atoms with Gasteiger partial charge in [-0.15, -0.1) is 0 Å². The predicted octanol–water partition coefficient (Wildman–Crippen LogP) is 5.73. The van der Waals surface area contributed by atoms with Crippen molar-refractivity contribution in [2.75, 3.05) is 13.1 Å². The zero-order chi connectivity index (χ0) is 21.5. The zero-order valence-electron chi connectivity index (χ0n) is 17.2. The van der Waals surface area contributed by atoms with E-state index in [4.69, 9.17) is 4.42 Å². The van der Waals surface area contributed by atoms with Crippen molar-refractivity contribution in [3.05, 3.63) is 57.2 Å². The third kappa shape index (κ3) is 5.18. The van der Waals surface area contributed by atoms with Gasteiger partial charge >= 0.3 is 0 Å². The number of carbonyl (C=O) groups excluding carboxylic acids is 1. The fourth-order valence-electron chi connectivity index (χ4n) is 2.96. The minimum absolute atomic E-state index is 0.00447. The minimum Gasteiger partial charge on any atom is -0.457 e. The smallest absolute Gasteiger partial charge is 0.270 e. The van der Waals surface area contributed by atoms with E-state index in [-0.39, 0.29) is 11.6 Å². The van der Waals surface area contributed by atoms with E-state index in [1.54, 1.807) is 35.2 Å². The summed E-state index contributed by atoms with van der Waals surface area (Å²) in [6, 6.07) is 9.79. The van der Waals surface area contributed by atoms with Gasteiger partial charge in [0.15, 0.2) is 5.17 Å². The van der Waals surface area contributed by atoms with Crippen LogP contribution in [0.3, 0.4) is 0 Å². The van der Waals surface area contributed by atoms with E-state index in [2.05, 4.69) is 18.8 Å². The summed E-state index contributed by atoms with van der Waals surface area (Å²) in [5, 5.41) is 11.7. The Morgan fingerprint density at radius 1 is 1.20 bits per heavy atom. The Labute approximate surface area is 180 Å². The first-order valence-electron chi connectivity index (χ1n) is 10.1. The lowest BCUT2D eigenvalue weighted by atomic mass is 10.1. The summed E-state index contributed by atoms with van der Waals surface area (Å²) in [7, 11) is 0. The number of hydrogen-bond acceptors (Lipinski definition) is 6. The maximum atomic E-state index is 12.9. The first-order valence-corrected chi connectivity index (χ1v) is 11.0. The number of hydrogen-bond donors (Lipinski definition) is 0. The molecule has 7 nitrogen and oxygen atoms in total. The summed E-state index contributed by atoms with van der Waals surface area (Å²) in [6.45, 7) is 5.57. The largest absolute Gasteiger partial charge is 0.457 e. The molecule has 8 heteroatoms. The summed E-state index contributed by atoms with van der Waals surface area (Å²) in [6.07, 6.45) is 5.68. The van der Waals surface area contributed by atoms with Crippen LogP contribution in [-0.4, -0.2) is 34.0 Å². The van der Waals surface area contributed by atoms with Crippen LogP contribution in [0.15, 0.2) is 50.7 Å². The molecule has 2 aromatic rings. The van der Waals surface area contributed by atoms with E-state index in [0.29, 0.717) is 35.1 Å². The number of nitrogens with zero attached hydrogens (tertiary/aromatic N) is 3. The number of rotatable bonds is 9. The number of benzene rings is 1. The van der Waals surface area contributed by atoms with Crippen molar-refractivity contribution in [2.24, 2.45) is 4.99 Å². The number of unbranched alkanes of at least 4 members (excludes halogenated alkanes) is 2. The summed E-state index contributed by atoms with van der Waals surface area (Å²) >= 11 is 1.37. The molecule has 3 rings (SSSR count). The molecule has 1 aliphatic heterocycles. The van der Waals surface area contributed by atoms with Crippen LogP contribution in [0.4, 0.5) is 5.69 Å². The van der Waals surface area contributed by atoms with Gasteiger partial charge in [-0.3, -0.25) is 24.8 Å². The van der Waals surface area contributed by atoms with Gasteiger partial charge in [0.25, 0.3) is 11.6 Å². The number of furan rings is 1. The average Bonchev–Trinajstić information content (AvgIpc) is 3.32. The highest BCUT2D eigenvalue weighted by atomic mass is 32.2. The number of aliphatic imine (C=N–C) groups is 1. The van der Waals surface area contributed by atoms with Crippen LogP contribution in [-0.2, 0) is 4.79 Å². The lowest BCUT2D eigenvalue weighted by Gasteiger charge is -2.14. The molecule has 158 valence electrons. The second kappa shape index (κ2) is 10.2. The lowest BCUT2D eigenvalue weighted by molar-refractivity contribution is -0.384. The van der Waals surface area contributed by atoms with Gasteiger partial charge in [-0.2, -0.15) is 0 Å². The lowest BCUT2D eigenvalue weighted by Crippen LogP contribution is -2.30. The van der Waals surface area contributed by atoms with Gasteiger partial charge in [0.2, 0.25) is 0 Å². The molecular formula is C22H25N3O4S. The molecule has 1 fully saturated rings. The van der Waals surface area contributed by atoms with E-state index in [1.807, 2.05) is 0 Å². The third-order valence-electron chi connectivity index (χ3n) is 4.62. The fourth-order valence-corrected chi connectivity index (χ4v) is 3.97. The van der Waals surface area contributed by atoms with Crippen LogP contribution in [0, 0.1) is 10.1 Å². The Bertz CT molecular complexity index is 980. The first kappa shape index (κ1) is 21.8. The van der Waals surface area contributed by atoms with Gasteiger partial charge in [0.05, 0.1) is 9.83 Å². The number of carbonyl (C=O) groups is 1. The molecule has 0 saturated carbocycles. The molecule has 0 bridgehead atoms. The van der Waals surface area contributed by atoms with Gasteiger partial charge in [0, 0.05) is 36.9 Å². The molecule has 0 unspecified atom stereocenters. The highest BCUT2D eigenvalue weighted by Crippen LogP contribution is 2.34. The Hall–Kier alpha value is -2.87. The van der Waals surface area contributed by atoms with Crippen molar-refractivity contribution in [3.8, 4) is 11.3 Å². The summed E-state index contributed by atoms with van der Waals surface area (Å²) < 4.78 is 5.84. The number of nitro benzene ring substituents is 1. The van der Waals surface area contributed by atoms with Crippen LogP contribution >= 0.6 is 11.8 Å². The predicted molar refractivity (Wildman–Crippen MR) is 120 cm³/mol. The molecule has 2 heterocycles. The maximum absolute atomic E-state index is 12.9. The Kier molecular flexibility index (Phi) is 7.46. The summed E-state index contributed by atoms with van der Waals surface area (Å²) in [5.41, 5.74) is 0.621. The SMILES string of the molecule is CCCCN=C1S/C(=C/c2ccc(-c3cccc([N+](=O)[O-])c3)o2)C(=O)N1CCCC. The maximum Gasteiger partial charge on any atom is 0.270 e. The van der Waals surface area contributed by atoms with Crippen LogP contribution in [0.5, 0.6) is 0 Å². The second-order valence-electron chi connectivity index (χ2n) is 6.95. The third-order valence-corrected chi connectivity index (χ3v) is 5.67. The monoisotopic (exact) mass is 427 g/mol. The number of thioether (sulfide) groups is 1. The molecule has 0 spiro atoms. The average molecular weight is 428 g/mol. The summed E-state index contributed by atoms with van der Waals surface area (Å²) in [4.78, 5) is 30.4. The van der Waals surface area contributed by atoms with Crippen molar-refractivity contribution in [1.29, 1.82) is 0 Å². The van der Waals surface area contributed by atoms with Crippen LogP contribution in [0.25, 0.3) is 17.4 Å². The van der Waals surface area contributed by atoms with Gasteiger partial charge in [-0.1, -0.05) is 38.8 Å². The van der Waals surface area contributed by atoms with E-state index in [9.17, 15) is 14.9 Å². The summed E-state index contributed by atoms with van der Waals surface area (Å²) in [5.74, 6) is 0.982. The van der Waals surface area contributed by atoms with Crippen LogP contribution < -0.4 is 0 Å². The molecule has 1 aromatic heterocycles. The topological polar surface area (TPSA) is 89.0 Å². The minimum atomic E-state index is -0.437. The van der Waals surface area contributed by atoms with Crippen molar-refractivity contribution < 1.29 is 14.1 Å². The Morgan fingerprint density at radius 2 is 2.00 bits per heavy atom. The number of non-ortho nitro benzene ring substituents is 1. The van der Waals surface area contributed by atoms with E-state index in [0.717, 1.165) is 30.9 Å². The molecule has 0 aliphatic carbocycles. The fraction of sp³-hybridized carbons (Fsp3) is 0.364. The molecule has 1 aliphatic rings. The van der Waals surface area contributed by atoms with E-state index < -0.39 is 4.92 Å². The number of amides is 1. The molecule has 1 aromatic carbocycles. The molecule has 0 radical (unpaired) electrons. The standard InChI is InChI=1S/C22H25N3O4S/c1-3-5-12-23-22-24(13-6-4-2)21(26)20(30-22)15-18-10-11-19(29-18)16-8-7-9-17(14-16)25(27)28/h7-11,14-15H,3-6,12-13H2,1-2H3/b20-15+,23-22?. The van der Waals surface area contributed by atoms with Gasteiger partial charge in [-0.05, 0) is 36.7 Å². The molecule has 0 N–H and O–H groups in total. The highest BCUT2D eigenvalue weighted by Gasteiger charge is 2.32.